The summed E-state index contributed by atoms with van der Waals surface area (Å²) in [7, 11) is 1.60. The maximum atomic E-state index is 4.66. The molecule has 3 heteroatoms. The summed E-state index contributed by atoms with van der Waals surface area (Å²) in [5.41, 5.74) is 1.21. The molecule has 10 heavy (non-hydrogen) atoms. The molecule has 0 aromatic carbocycles. The Kier molecular flexibility index (Phi) is 5.40. The highest BCUT2D eigenvalue weighted by atomic mass is 35.5. The topological polar surface area (TPSA) is 21.6 Å². The minimum atomic E-state index is 0. The Morgan fingerprint density at radius 2 is 2.00 bits per heavy atom. The molecule has 1 fully saturated rings. The number of hydrogen-bond acceptors (Lipinski definition) is 2. The van der Waals surface area contributed by atoms with Crippen molar-refractivity contribution in [3.63, 3.8) is 0 Å². The van der Waals surface area contributed by atoms with E-state index in [2.05, 4.69) is 16.4 Å². The van der Waals surface area contributed by atoms with Gasteiger partial charge in [0, 0.05) is 0 Å². The Balaban J connectivity index is 0.000000810. The molecule has 1 rings (SSSR count). The van der Waals surface area contributed by atoms with Crippen molar-refractivity contribution in [2.24, 2.45) is 5.16 Å². The van der Waals surface area contributed by atoms with Gasteiger partial charge in [-0.15, -0.1) is 12.4 Å². The lowest BCUT2D eigenvalue weighted by molar-refractivity contribution is 0.211. The summed E-state index contributed by atoms with van der Waals surface area (Å²) in [6.07, 6.45) is 6.82. The second-order valence-corrected chi connectivity index (χ2v) is 2.21. The summed E-state index contributed by atoms with van der Waals surface area (Å²) in [4.78, 5) is 4.66. The fourth-order valence-corrected chi connectivity index (χ4v) is 1.03. The number of rotatable bonds is 1. The predicted molar refractivity (Wildman–Crippen MR) is 44.5 cm³/mol. The first-order chi connectivity index (χ1) is 4.43. The van der Waals surface area contributed by atoms with Gasteiger partial charge in [0.25, 0.3) is 0 Å². The van der Waals surface area contributed by atoms with Gasteiger partial charge in [-0.2, -0.15) is 0 Å². The lowest BCUT2D eigenvalue weighted by Gasteiger charge is -2.09. The summed E-state index contributed by atoms with van der Waals surface area (Å²) in [6, 6.07) is 0. The van der Waals surface area contributed by atoms with Gasteiger partial charge >= 0.3 is 0 Å². The van der Waals surface area contributed by atoms with Crippen LogP contribution < -0.4 is 0 Å². The van der Waals surface area contributed by atoms with E-state index in [9.17, 15) is 0 Å². The van der Waals surface area contributed by atoms with E-state index in [1.165, 1.54) is 18.6 Å². The summed E-state index contributed by atoms with van der Waals surface area (Å²) in [5.74, 6) is 0. The molecule has 0 bridgehead atoms. The minimum Gasteiger partial charge on any atom is -0.399 e. The van der Waals surface area contributed by atoms with Gasteiger partial charge in [-0.1, -0.05) is 5.16 Å². The molecule has 0 aliphatic heterocycles. The molecule has 0 heterocycles. The van der Waals surface area contributed by atoms with E-state index in [-0.39, 0.29) is 12.4 Å². The van der Waals surface area contributed by atoms with Gasteiger partial charge in [0.2, 0.25) is 0 Å². The van der Waals surface area contributed by atoms with Gasteiger partial charge in [0.1, 0.15) is 7.11 Å². The van der Waals surface area contributed by atoms with Crippen LogP contribution in [0.25, 0.3) is 0 Å². The highest BCUT2D eigenvalue weighted by Crippen LogP contribution is 2.13. The zero-order valence-electron chi connectivity index (χ0n) is 6.17. The lowest BCUT2D eigenvalue weighted by Crippen LogP contribution is -2.04. The van der Waals surface area contributed by atoms with Crippen LogP contribution in [0.5, 0.6) is 0 Å². The van der Waals surface area contributed by atoms with Crippen molar-refractivity contribution in [3.05, 3.63) is 6.42 Å². The SMILES string of the molecule is CON=C1CC[CH]CC1.Cl. The quantitative estimate of drug-likeness (QED) is 0.542. The summed E-state index contributed by atoms with van der Waals surface area (Å²) >= 11 is 0. The van der Waals surface area contributed by atoms with E-state index in [0.29, 0.717) is 0 Å². The van der Waals surface area contributed by atoms with Crippen LogP contribution >= 0.6 is 12.4 Å². The third-order valence-electron chi connectivity index (χ3n) is 1.49. The van der Waals surface area contributed by atoms with E-state index in [1.54, 1.807) is 7.11 Å². The van der Waals surface area contributed by atoms with Crippen molar-refractivity contribution < 1.29 is 4.84 Å². The van der Waals surface area contributed by atoms with Crippen LogP contribution in [-0.2, 0) is 4.84 Å². The molecule has 59 valence electrons. The van der Waals surface area contributed by atoms with Crippen LogP contribution in [-0.4, -0.2) is 12.8 Å². The molecule has 0 unspecified atom stereocenters. The highest BCUT2D eigenvalue weighted by Gasteiger charge is 2.06. The van der Waals surface area contributed by atoms with Gasteiger partial charge in [0.15, 0.2) is 0 Å². The number of hydrogen-bond donors (Lipinski definition) is 0. The average Bonchev–Trinajstić information content (AvgIpc) is 1.91. The molecule has 0 saturated heterocycles. The molecule has 0 aromatic rings. The first-order valence-corrected chi connectivity index (χ1v) is 3.34. The van der Waals surface area contributed by atoms with Crippen LogP contribution in [0.4, 0.5) is 0 Å². The molecular weight excluding hydrogens is 150 g/mol. The number of nitrogens with zero attached hydrogens (tertiary/aromatic N) is 1. The lowest BCUT2D eigenvalue weighted by atomic mass is 9.99. The average molecular weight is 163 g/mol. The van der Waals surface area contributed by atoms with Crippen molar-refractivity contribution in [1.82, 2.24) is 0 Å². The Morgan fingerprint density at radius 1 is 1.40 bits per heavy atom. The van der Waals surface area contributed by atoms with Crippen LogP contribution in [0, 0.1) is 6.42 Å². The van der Waals surface area contributed by atoms with Gasteiger partial charge in [-0.3, -0.25) is 0 Å². The standard InChI is InChI=1S/C7H12NO.ClH/c1-9-8-7-5-3-2-4-6-7;/h2H,3-6H2,1H3;1H. The normalized spacial score (nSPS) is 17.5. The molecule has 1 aliphatic carbocycles. The molecule has 0 amide bonds. The summed E-state index contributed by atoms with van der Waals surface area (Å²) in [6.45, 7) is 0. The number of halogens is 1. The first kappa shape index (κ1) is 9.76. The molecule has 1 saturated carbocycles. The maximum absolute atomic E-state index is 4.66. The third kappa shape index (κ3) is 3.06. The Morgan fingerprint density at radius 3 is 2.50 bits per heavy atom. The molecule has 0 atom stereocenters. The second kappa shape index (κ2) is 5.54. The third-order valence-corrected chi connectivity index (χ3v) is 1.49. The maximum Gasteiger partial charge on any atom is 0.106 e. The fraction of sp³-hybridized carbons (Fsp3) is 0.714. The van der Waals surface area contributed by atoms with Crippen LogP contribution in [0.15, 0.2) is 5.16 Å². The van der Waals surface area contributed by atoms with E-state index >= 15 is 0 Å². The van der Waals surface area contributed by atoms with Crippen LogP contribution in [0.1, 0.15) is 25.7 Å². The second-order valence-electron chi connectivity index (χ2n) is 2.21. The Hall–Kier alpha value is -0.240. The van der Waals surface area contributed by atoms with E-state index in [0.717, 1.165) is 12.8 Å². The summed E-state index contributed by atoms with van der Waals surface area (Å²) < 4.78 is 0. The van der Waals surface area contributed by atoms with Crippen molar-refractivity contribution in [2.45, 2.75) is 25.7 Å². The largest absolute Gasteiger partial charge is 0.399 e. The van der Waals surface area contributed by atoms with Crippen LogP contribution in [0.2, 0.25) is 0 Å². The van der Waals surface area contributed by atoms with Crippen molar-refractivity contribution in [3.8, 4) is 0 Å². The Bertz CT molecular complexity index is 106. The van der Waals surface area contributed by atoms with Gasteiger partial charge in [0.05, 0.1) is 5.71 Å². The smallest absolute Gasteiger partial charge is 0.106 e. The first-order valence-electron chi connectivity index (χ1n) is 3.34. The fourth-order valence-electron chi connectivity index (χ4n) is 1.03. The zero-order valence-corrected chi connectivity index (χ0v) is 6.99. The molecule has 1 radical (unpaired) electrons. The van der Waals surface area contributed by atoms with Crippen molar-refractivity contribution >= 4 is 18.1 Å². The molecule has 2 nitrogen and oxygen atoms in total. The number of oxime groups is 1. The summed E-state index contributed by atoms with van der Waals surface area (Å²) in [5, 5.41) is 3.88. The molecule has 1 aliphatic rings. The molecule has 0 aromatic heterocycles. The highest BCUT2D eigenvalue weighted by molar-refractivity contribution is 5.85. The van der Waals surface area contributed by atoms with E-state index in [1.807, 2.05) is 0 Å². The predicted octanol–water partition coefficient (Wildman–Crippen LogP) is 2.19. The van der Waals surface area contributed by atoms with E-state index < -0.39 is 0 Å². The zero-order chi connectivity index (χ0) is 6.53. The molecule has 0 spiro atoms. The minimum absolute atomic E-state index is 0. The van der Waals surface area contributed by atoms with Crippen LogP contribution in [0.3, 0.4) is 0 Å². The van der Waals surface area contributed by atoms with Crippen molar-refractivity contribution in [2.75, 3.05) is 7.11 Å². The molecule has 0 N–H and O–H groups in total. The monoisotopic (exact) mass is 162 g/mol. The van der Waals surface area contributed by atoms with Crippen molar-refractivity contribution in [1.29, 1.82) is 0 Å². The van der Waals surface area contributed by atoms with Gasteiger partial charge in [-0.25, -0.2) is 0 Å². The van der Waals surface area contributed by atoms with Gasteiger partial charge < -0.3 is 4.84 Å². The van der Waals surface area contributed by atoms with E-state index in [4.69, 9.17) is 0 Å². The van der Waals surface area contributed by atoms with Gasteiger partial charge in [-0.05, 0) is 32.1 Å². The molecular formula is C7H13ClNO. The Labute approximate surface area is 68.0 Å².